The lowest BCUT2D eigenvalue weighted by Crippen LogP contribution is -2.22. The second-order valence-corrected chi connectivity index (χ2v) is 6.66. The van der Waals surface area contributed by atoms with E-state index in [0.29, 0.717) is 18.3 Å². The molecule has 0 aliphatic heterocycles. The van der Waals surface area contributed by atoms with E-state index < -0.39 is 11.7 Å². The molecule has 3 aromatic rings. The Morgan fingerprint density at radius 2 is 1.88 bits per heavy atom. The first-order valence-electron chi connectivity index (χ1n) is 7.58. The molecular weight excluding hydrogens is 351 g/mol. The number of halogens is 3. The topological polar surface area (TPSA) is 42.2 Å². The number of hydrogen-bond acceptors (Lipinski definition) is 5. The van der Waals surface area contributed by atoms with Crippen LogP contribution >= 0.6 is 11.3 Å². The molecule has 0 aliphatic carbocycles. The van der Waals surface area contributed by atoms with Crippen molar-refractivity contribution in [2.45, 2.75) is 25.7 Å². The Morgan fingerprint density at radius 1 is 1.16 bits per heavy atom. The van der Waals surface area contributed by atoms with Crippen LogP contribution in [0.1, 0.15) is 30.0 Å². The monoisotopic (exact) mass is 367 g/mol. The van der Waals surface area contributed by atoms with E-state index >= 15 is 0 Å². The van der Waals surface area contributed by atoms with Crippen LogP contribution in [0, 0.1) is 0 Å². The van der Waals surface area contributed by atoms with Gasteiger partial charge in [0.15, 0.2) is 0 Å². The summed E-state index contributed by atoms with van der Waals surface area (Å²) in [5.41, 5.74) is 0.129. The summed E-state index contributed by atoms with van der Waals surface area (Å²) in [5, 5.41) is 10.1. The molecule has 0 spiro atoms. The number of hydrogen-bond donors (Lipinski definition) is 0. The van der Waals surface area contributed by atoms with Gasteiger partial charge in [0.1, 0.15) is 0 Å². The van der Waals surface area contributed by atoms with Crippen molar-refractivity contribution < 1.29 is 17.6 Å². The predicted octanol–water partition coefficient (Wildman–Crippen LogP) is 5.01. The molecule has 1 aromatic carbocycles. The summed E-state index contributed by atoms with van der Waals surface area (Å²) in [6.45, 7) is 2.38. The van der Waals surface area contributed by atoms with E-state index in [4.69, 9.17) is 4.42 Å². The number of thiophene rings is 1. The minimum absolute atomic E-state index is 0.163. The van der Waals surface area contributed by atoms with E-state index in [2.05, 4.69) is 10.2 Å². The lowest BCUT2D eigenvalue weighted by molar-refractivity contribution is -0.137. The highest BCUT2D eigenvalue weighted by Crippen LogP contribution is 2.30. The van der Waals surface area contributed by atoms with Crippen LogP contribution in [0.4, 0.5) is 13.2 Å². The maximum Gasteiger partial charge on any atom is 0.416 e. The van der Waals surface area contributed by atoms with Crippen LogP contribution in [0.25, 0.3) is 10.8 Å². The summed E-state index contributed by atoms with van der Waals surface area (Å²) in [7, 11) is 1.86. The lowest BCUT2D eigenvalue weighted by atomic mass is 10.1. The van der Waals surface area contributed by atoms with Crippen LogP contribution in [0.5, 0.6) is 0 Å². The summed E-state index contributed by atoms with van der Waals surface area (Å²) in [6, 6.07) is 8.80. The van der Waals surface area contributed by atoms with Crippen LogP contribution in [0.2, 0.25) is 0 Å². The average Bonchev–Trinajstić information content (AvgIpc) is 3.25. The molecule has 0 bridgehead atoms. The van der Waals surface area contributed by atoms with Gasteiger partial charge in [-0.1, -0.05) is 18.2 Å². The van der Waals surface area contributed by atoms with Crippen molar-refractivity contribution in [3.63, 3.8) is 0 Å². The van der Waals surface area contributed by atoms with Crippen molar-refractivity contribution in [3.8, 4) is 10.8 Å². The third-order valence-corrected chi connectivity index (χ3v) is 4.76. The van der Waals surface area contributed by atoms with Gasteiger partial charge in [0.2, 0.25) is 5.89 Å². The first-order valence-corrected chi connectivity index (χ1v) is 8.46. The third-order valence-electron chi connectivity index (χ3n) is 3.90. The lowest BCUT2D eigenvalue weighted by Gasteiger charge is -2.22. The third kappa shape index (κ3) is 4.08. The van der Waals surface area contributed by atoms with Gasteiger partial charge in [-0.15, -0.1) is 21.5 Å². The zero-order chi connectivity index (χ0) is 18.0. The maximum absolute atomic E-state index is 12.6. The molecule has 0 radical (unpaired) electrons. The Morgan fingerprint density at radius 3 is 2.48 bits per heavy atom. The van der Waals surface area contributed by atoms with Crippen LogP contribution in [-0.2, 0) is 12.7 Å². The fraction of sp³-hybridized carbons (Fsp3) is 0.294. The molecule has 0 unspecified atom stereocenters. The molecule has 1 atom stereocenters. The minimum Gasteiger partial charge on any atom is -0.418 e. The maximum atomic E-state index is 12.6. The van der Waals surface area contributed by atoms with E-state index in [1.165, 1.54) is 23.5 Å². The smallest absolute Gasteiger partial charge is 0.416 e. The van der Waals surface area contributed by atoms with Gasteiger partial charge in [-0.3, -0.25) is 4.90 Å². The number of rotatable bonds is 5. The molecule has 0 aliphatic rings. The van der Waals surface area contributed by atoms with Crippen LogP contribution < -0.4 is 0 Å². The van der Waals surface area contributed by atoms with Gasteiger partial charge in [0.05, 0.1) is 16.5 Å². The number of benzene rings is 1. The Balaban J connectivity index is 1.67. The quantitative estimate of drug-likeness (QED) is 0.636. The SMILES string of the molecule is C[C@@H](c1nnc(-c2cccs2)o1)N(C)Cc1ccc(C(F)(F)F)cc1. The van der Waals surface area contributed by atoms with Gasteiger partial charge < -0.3 is 4.42 Å². The Bertz CT molecular complexity index is 813. The fourth-order valence-electron chi connectivity index (χ4n) is 2.32. The van der Waals surface area contributed by atoms with Crippen molar-refractivity contribution in [1.29, 1.82) is 0 Å². The molecule has 0 N–H and O–H groups in total. The minimum atomic E-state index is -4.32. The van der Waals surface area contributed by atoms with Crippen molar-refractivity contribution in [3.05, 3.63) is 58.8 Å². The second kappa shape index (κ2) is 6.97. The van der Waals surface area contributed by atoms with Crippen molar-refractivity contribution in [1.82, 2.24) is 15.1 Å². The van der Waals surface area contributed by atoms with E-state index in [-0.39, 0.29) is 6.04 Å². The van der Waals surface area contributed by atoms with Crippen LogP contribution in [0.15, 0.2) is 46.2 Å². The molecule has 25 heavy (non-hydrogen) atoms. The van der Waals surface area contributed by atoms with Crippen molar-refractivity contribution >= 4 is 11.3 Å². The molecule has 2 heterocycles. The molecule has 132 valence electrons. The summed E-state index contributed by atoms with van der Waals surface area (Å²) in [5.74, 6) is 0.942. The summed E-state index contributed by atoms with van der Waals surface area (Å²) >= 11 is 1.51. The molecule has 0 amide bonds. The molecule has 8 heteroatoms. The molecule has 3 rings (SSSR count). The first kappa shape index (κ1) is 17.6. The second-order valence-electron chi connectivity index (χ2n) is 5.71. The Labute approximate surface area is 146 Å². The molecule has 0 saturated carbocycles. The number of alkyl halides is 3. The highest BCUT2D eigenvalue weighted by molar-refractivity contribution is 7.13. The molecule has 0 fully saturated rings. The van der Waals surface area contributed by atoms with E-state index in [1.807, 2.05) is 36.4 Å². The summed E-state index contributed by atoms with van der Waals surface area (Å²) in [6.07, 6.45) is -4.32. The molecule has 0 saturated heterocycles. The largest absolute Gasteiger partial charge is 0.418 e. The van der Waals surface area contributed by atoms with Gasteiger partial charge in [-0.2, -0.15) is 13.2 Å². The summed E-state index contributed by atoms with van der Waals surface area (Å²) < 4.78 is 43.6. The highest BCUT2D eigenvalue weighted by atomic mass is 32.1. The van der Waals surface area contributed by atoms with Gasteiger partial charge in [-0.25, -0.2) is 0 Å². The standard InChI is InChI=1S/C17H16F3N3OS/c1-11(15-21-22-16(24-15)14-4-3-9-25-14)23(2)10-12-5-7-13(8-6-12)17(18,19)20/h3-9,11H,10H2,1-2H3/t11-/m0/s1. The molecular formula is C17H16F3N3OS. The van der Waals surface area contributed by atoms with Gasteiger partial charge in [-0.05, 0) is 43.1 Å². The fourth-order valence-corrected chi connectivity index (χ4v) is 2.96. The van der Waals surface area contributed by atoms with Gasteiger partial charge >= 0.3 is 6.18 Å². The number of nitrogens with zero attached hydrogens (tertiary/aromatic N) is 3. The van der Waals surface area contributed by atoms with Crippen molar-refractivity contribution in [2.24, 2.45) is 0 Å². The van der Waals surface area contributed by atoms with Crippen LogP contribution in [0.3, 0.4) is 0 Å². The first-order chi connectivity index (χ1) is 11.8. The zero-order valence-electron chi connectivity index (χ0n) is 13.6. The predicted molar refractivity (Wildman–Crippen MR) is 88.9 cm³/mol. The summed E-state index contributed by atoms with van der Waals surface area (Å²) in [4.78, 5) is 2.84. The average molecular weight is 367 g/mol. The van der Waals surface area contributed by atoms with E-state index in [0.717, 1.165) is 22.6 Å². The van der Waals surface area contributed by atoms with Gasteiger partial charge in [0, 0.05) is 6.54 Å². The highest BCUT2D eigenvalue weighted by Gasteiger charge is 2.30. The molecule has 4 nitrogen and oxygen atoms in total. The number of aromatic nitrogens is 2. The Kier molecular flexibility index (Phi) is 4.91. The van der Waals surface area contributed by atoms with Gasteiger partial charge in [0.25, 0.3) is 5.89 Å². The van der Waals surface area contributed by atoms with E-state index in [1.54, 1.807) is 0 Å². The zero-order valence-corrected chi connectivity index (χ0v) is 14.4. The Hall–Kier alpha value is -2.19. The molecule has 2 aromatic heterocycles. The normalized spacial score (nSPS) is 13.4. The van der Waals surface area contributed by atoms with Crippen molar-refractivity contribution in [2.75, 3.05) is 7.05 Å². The van der Waals surface area contributed by atoms with Crippen LogP contribution in [-0.4, -0.2) is 22.1 Å². The van der Waals surface area contributed by atoms with E-state index in [9.17, 15) is 13.2 Å².